The number of aliphatic hydroxyl groups is 1. The minimum Gasteiger partial charge on any atom is -0.458 e. The van der Waals surface area contributed by atoms with Crippen LogP contribution in [0.4, 0.5) is 4.39 Å². The molecule has 0 saturated heterocycles. The number of benzene rings is 1. The zero-order chi connectivity index (χ0) is 11.3. The molecule has 0 spiro atoms. The highest BCUT2D eigenvalue weighted by atomic mass is 79.9. The summed E-state index contributed by atoms with van der Waals surface area (Å²) >= 11 is 3.12. The van der Waals surface area contributed by atoms with E-state index >= 15 is 0 Å². The summed E-state index contributed by atoms with van der Waals surface area (Å²) in [5.74, 6) is 0.498. The minimum absolute atomic E-state index is 0.314. The second kappa shape index (κ2) is 3.57. The van der Waals surface area contributed by atoms with Crippen LogP contribution in [0.25, 0.3) is 11.0 Å². The van der Waals surface area contributed by atoms with Crippen LogP contribution in [0.15, 0.2) is 27.1 Å². The van der Waals surface area contributed by atoms with E-state index in [2.05, 4.69) is 15.9 Å². The van der Waals surface area contributed by atoms with Crippen molar-refractivity contribution in [3.8, 4) is 0 Å². The standard InChI is InChI=1S/C12H10BrFO2/c13-8-3-7-4-11(12(15)6-1-2-6)16-10(7)5-9(8)14/h3-6,12,15H,1-2H2. The molecule has 1 aromatic carbocycles. The summed E-state index contributed by atoms with van der Waals surface area (Å²) < 4.78 is 19.1. The Morgan fingerprint density at radius 2 is 2.12 bits per heavy atom. The quantitative estimate of drug-likeness (QED) is 0.911. The van der Waals surface area contributed by atoms with E-state index in [1.165, 1.54) is 6.07 Å². The number of halogens is 2. The highest BCUT2D eigenvalue weighted by Crippen LogP contribution is 2.42. The maximum absolute atomic E-state index is 13.3. The Morgan fingerprint density at radius 3 is 2.81 bits per heavy atom. The highest BCUT2D eigenvalue weighted by molar-refractivity contribution is 9.10. The van der Waals surface area contributed by atoms with Gasteiger partial charge in [0.2, 0.25) is 0 Å². The predicted molar refractivity (Wildman–Crippen MR) is 61.6 cm³/mol. The lowest BCUT2D eigenvalue weighted by Crippen LogP contribution is -1.96. The van der Waals surface area contributed by atoms with Gasteiger partial charge in [-0.05, 0) is 46.8 Å². The van der Waals surface area contributed by atoms with Gasteiger partial charge < -0.3 is 9.52 Å². The lowest BCUT2D eigenvalue weighted by molar-refractivity contribution is 0.129. The fourth-order valence-corrected chi connectivity index (χ4v) is 2.21. The molecule has 16 heavy (non-hydrogen) atoms. The molecule has 4 heteroatoms. The van der Waals surface area contributed by atoms with Gasteiger partial charge in [-0.1, -0.05) is 0 Å². The average molecular weight is 285 g/mol. The molecule has 0 aliphatic heterocycles. The van der Waals surface area contributed by atoms with Crippen molar-refractivity contribution in [2.45, 2.75) is 18.9 Å². The van der Waals surface area contributed by atoms with Crippen molar-refractivity contribution in [1.29, 1.82) is 0 Å². The molecule has 2 aromatic rings. The highest BCUT2D eigenvalue weighted by Gasteiger charge is 2.33. The normalized spacial score (nSPS) is 17.9. The molecule has 1 aliphatic carbocycles. The molecule has 3 rings (SSSR count). The van der Waals surface area contributed by atoms with Crippen LogP contribution in [0.2, 0.25) is 0 Å². The first-order valence-electron chi connectivity index (χ1n) is 5.21. The molecule has 1 unspecified atom stereocenters. The third kappa shape index (κ3) is 1.66. The van der Waals surface area contributed by atoms with Crippen LogP contribution in [0, 0.1) is 11.7 Å². The van der Waals surface area contributed by atoms with E-state index in [1.54, 1.807) is 12.1 Å². The summed E-state index contributed by atoms with van der Waals surface area (Å²) in [7, 11) is 0. The molecule has 1 heterocycles. The number of fused-ring (bicyclic) bond motifs is 1. The molecule has 1 fully saturated rings. The smallest absolute Gasteiger partial charge is 0.141 e. The number of hydrogen-bond donors (Lipinski definition) is 1. The van der Waals surface area contributed by atoms with Gasteiger partial charge in [0.1, 0.15) is 23.3 Å². The van der Waals surface area contributed by atoms with Crippen LogP contribution >= 0.6 is 15.9 Å². The molecule has 1 aliphatic rings. The van der Waals surface area contributed by atoms with Gasteiger partial charge in [0.15, 0.2) is 0 Å². The topological polar surface area (TPSA) is 33.4 Å². The van der Waals surface area contributed by atoms with Crippen molar-refractivity contribution in [2.75, 3.05) is 0 Å². The van der Waals surface area contributed by atoms with Gasteiger partial charge in [0.25, 0.3) is 0 Å². The van der Waals surface area contributed by atoms with Crippen LogP contribution in [0.1, 0.15) is 24.7 Å². The Balaban J connectivity index is 2.07. The summed E-state index contributed by atoms with van der Waals surface area (Å²) in [4.78, 5) is 0. The average Bonchev–Trinajstić information content (AvgIpc) is 3.01. The molecular formula is C12H10BrFO2. The molecule has 2 nitrogen and oxygen atoms in total. The van der Waals surface area contributed by atoms with E-state index in [0.717, 1.165) is 18.2 Å². The van der Waals surface area contributed by atoms with Crippen LogP contribution in [-0.2, 0) is 0 Å². The lowest BCUT2D eigenvalue weighted by atomic mass is 10.1. The molecule has 1 aromatic heterocycles. The van der Waals surface area contributed by atoms with E-state index in [-0.39, 0.29) is 5.82 Å². The number of rotatable bonds is 2. The molecule has 84 valence electrons. The first-order valence-corrected chi connectivity index (χ1v) is 6.01. The lowest BCUT2D eigenvalue weighted by Gasteiger charge is -2.03. The predicted octanol–water partition coefficient (Wildman–Crippen LogP) is 3.78. The number of aliphatic hydroxyl groups excluding tert-OH is 1. The van der Waals surface area contributed by atoms with Gasteiger partial charge in [0, 0.05) is 11.5 Å². The SMILES string of the molecule is OC(c1cc2cc(Br)c(F)cc2o1)C1CC1. The zero-order valence-corrected chi connectivity index (χ0v) is 10.00. The Morgan fingerprint density at radius 1 is 1.38 bits per heavy atom. The van der Waals surface area contributed by atoms with Gasteiger partial charge >= 0.3 is 0 Å². The van der Waals surface area contributed by atoms with Crippen molar-refractivity contribution >= 4 is 26.9 Å². The van der Waals surface area contributed by atoms with Gasteiger partial charge in [-0.15, -0.1) is 0 Å². The fraction of sp³-hybridized carbons (Fsp3) is 0.333. The first-order chi connectivity index (χ1) is 7.65. The maximum Gasteiger partial charge on any atom is 0.141 e. The van der Waals surface area contributed by atoms with Crippen molar-refractivity contribution in [3.63, 3.8) is 0 Å². The van der Waals surface area contributed by atoms with Crippen molar-refractivity contribution in [1.82, 2.24) is 0 Å². The van der Waals surface area contributed by atoms with E-state index < -0.39 is 6.10 Å². The summed E-state index contributed by atoms with van der Waals surface area (Å²) in [6, 6.07) is 4.78. The van der Waals surface area contributed by atoms with Crippen LogP contribution < -0.4 is 0 Å². The second-order valence-corrected chi connectivity index (χ2v) is 5.09. The molecule has 0 bridgehead atoms. The van der Waals surface area contributed by atoms with Gasteiger partial charge in [-0.25, -0.2) is 4.39 Å². The molecule has 0 radical (unpaired) electrons. The summed E-state index contributed by atoms with van der Waals surface area (Å²) in [5, 5.41) is 10.7. The third-order valence-corrected chi connectivity index (χ3v) is 3.55. The maximum atomic E-state index is 13.3. The molecule has 1 N–H and O–H groups in total. The first kappa shape index (κ1) is 10.3. The Kier molecular flexibility index (Phi) is 2.30. The summed E-state index contributed by atoms with van der Waals surface area (Å²) in [5.41, 5.74) is 0.482. The van der Waals surface area contributed by atoms with Crippen molar-refractivity contribution < 1.29 is 13.9 Å². The largest absolute Gasteiger partial charge is 0.458 e. The van der Waals surface area contributed by atoms with Crippen molar-refractivity contribution in [3.05, 3.63) is 34.2 Å². The molecule has 1 saturated carbocycles. The van der Waals surface area contributed by atoms with Crippen molar-refractivity contribution in [2.24, 2.45) is 5.92 Å². The minimum atomic E-state index is -0.547. The van der Waals surface area contributed by atoms with E-state index in [4.69, 9.17) is 4.42 Å². The van der Waals surface area contributed by atoms with Crippen LogP contribution in [-0.4, -0.2) is 5.11 Å². The molecule has 0 amide bonds. The van der Waals surface area contributed by atoms with Gasteiger partial charge in [-0.3, -0.25) is 0 Å². The Hall–Kier alpha value is -0.870. The monoisotopic (exact) mass is 284 g/mol. The summed E-state index contributed by atoms with van der Waals surface area (Å²) in [6.07, 6.45) is 1.53. The number of furan rings is 1. The zero-order valence-electron chi connectivity index (χ0n) is 8.41. The molecular weight excluding hydrogens is 275 g/mol. The number of hydrogen-bond acceptors (Lipinski definition) is 2. The Bertz CT molecular complexity index is 506. The molecule has 1 atom stereocenters. The summed E-state index contributed by atoms with van der Waals surface area (Å²) in [6.45, 7) is 0. The fourth-order valence-electron chi connectivity index (χ4n) is 1.84. The van der Waals surface area contributed by atoms with Gasteiger partial charge in [0.05, 0.1) is 4.47 Å². The van der Waals surface area contributed by atoms with E-state index in [1.807, 2.05) is 0 Å². The Labute approximate surface area is 100 Å². The van der Waals surface area contributed by atoms with E-state index in [9.17, 15) is 9.50 Å². The van der Waals surface area contributed by atoms with Gasteiger partial charge in [-0.2, -0.15) is 0 Å². The second-order valence-electron chi connectivity index (χ2n) is 4.24. The third-order valence-electron chi connectivity index (χ3n) is 2.94. The van der Waals surface area contributed by atoms with Crippen LogP contribution in [0.5, 0.6) is 0 Å². The van der Waals surface area contributed by atoms with Crippen LogP contribution in [0.3, 0.4) is 0 Å². The van der Waals surface area contributed by atoms with E-state index in [0.29, 0.717) is 21.7 Å².